The van der Waals surface area contributed by atoms with Crippen LogP contribution in [0.5, 0.6) is 0 Å². The molecule has 0 atom stereocenters. The summed E-state index contributed by atoms with van der Waals surface area (Å²) in [6, 6.07) is 0. The fourth-order valence-electron chi connectivity index (χ4n) is 1.78. The predicted molar refractivity (Wildman–Crippen MR) is 57.4 cm³/mol. The van der Waals surface area contributed by atoms with Crippen molar-refractivity contribution in [3.8, 4) is 0 Å². The molecule has 1 aliphatic rings. The molecule has 1 saturated heterocycles. The summed E-state index contributed by atoms with van der Waals surface area (Å²) < 4.78 is 27.0. The molecule has 0 amide bonds. The lowest BCUT2D eigenvalue weighted by Crippen LogP contribution is -2.18. The van der Waals surface area contributed by atoms with Gasteiger partial charge in [-0.1, -0.05) is 5.16 Å². The first-order valence-corrected chi connectivity index (χ1v) is 7.30. The van der Waals surface area contributed by atoms with Crippen LogP contribution in [0.3, 0.4) is 0 Å². The Morgan fingerprint density at radius 3 is 2.69 bits per heavy atom. The van der Waals surface area contributed by atoms with Crippen LogP contribution in [0, 0.1) is 0 Å². The summed E-state index contributed by atoms with van der Waals surface area (Å²) >= 11 is 0. The number of hydrogen-bond donors (Lipinski definition) is 0. The van der Waals surface area contributed by atoms with Gasteiger partial charge in [0, 0.05) is 6.26 Å². The van der Waals surface area contributed by atoms with E-state index in [1.165, 1.54) is 12.8 Å². The maximum absolute atomic E-state index is 11.0. The van der Waals surface area contributed by atoms with E-state index in [2.05, 4.69) is 15.0 Å². The van der Waals surface area contributed by atoms with Gasteiger partial charge in [0.1, 0.15) is 5.75 Å². The summed E-state index contributed by atoms with van der Waals surface area (Å²) in [5, 5.41) is 3.65. The SMILES string of the molecule is CS(=O)(=O)Cc1noc(CN2CCCC2)n1. The van der Waals surface area contributed by atoms with Crippen molar-refractivity contribution in [1.29, 1.82) is 0 Å². The normalized spacial score (nSPS) is 18.1. The summed E-state index contributed by atoms with van der Waals surface area (Å²) in [7, 11) is -3.09. The van der Waals surface area contributed by atoms with Gasteiger partial charge >= 0.3 is 0 Å². The van der Waals surface area contributed by atoms with Crippen LogP contribution in [0.15, 0.2) is 4.52 Å². The van der Waals surface area contributed by atoms with E-state index in [9.17, 15) is 8.42 Å². The number of rotatable bonds is 4. The monoisotopic (exact) mass is 245 g/mol. The average Bonchev–Trinajstić information content (AvgIpc) is 2.75. The molecule has 7 heteroatoms. The molecule has 0 unspecified atom stereocenters. The second-order valence-electron chi connectivity index (χ2n) is 4.16. The van der Waals surface area contributed by atoms with E-state index in [1.807, 2.05) is 0 Å². The van der Waals surface area contributed by atoms with E-state index in [4.69, 9.17) is 4.52 Å². The van der Waals surface area contributed by atoms with Crippen molar-refractivity contribution in [2.75, 3.05) is 19.3 Å². The smallest absolute Gasteiger partial charge is 0.240 e. The molecular weight excluding hydrogens is 230 g/mol. The third kappa shape index (κ3) is 3.28. The van der Waals surface area contributed by atoms with E-state index in [0.717, 1.165) is 19.3 Å². The minimum Gasteiger partial charge on any atom is -0.338 e. The summed E-state index contributed by atoms with van der Waals surface area (Å²) in [6.07, 6.45) is 3.55. The topological polar surface area (TPSA) is 76.3 Å². The van der Waals surface area contributed by atoms with Crippen molar-refractivity contribution < 1.29 is 12.9 Å². The van der Waals surface area contributed by atoms with E-state index in [-0.39, 0.29) is 11.6 Å². The van der Waals surface area contributed by atoms with Gasteiger partial charge in [-0.05, 0) is 25.9 Å². The van der Waals surface area contributed by atoms with Crippen LogP contribution in [0.1, 0.15) is 24.6 Å². The van der Waals surface area contributed by atoms with E-state index < -0.39 is 9.84 Å². The highest BCUT2D eigenvalue weighted by atomic mass is 32.2. The largest absolute Gasteiger partial charge is 0.338 e. The van der Waals surface area contributed by atoms with Crippen molar-refractivity contribution in [3.63, 3.8) is 0 Å². The standard InChI is InChI=1S/C9H15N3O3S/c1-16(13,14)7-8-10-9(15-11-8)6-12-4-2-3-5-12/h2-7H2,1H3. The van der Waals surface area contributed by atoms with Gasteiger partial charge in [-0.25, -0.2) is 8.42 Å². The van der Waals surface area contributed by atoms with Crippen LogP contribution < -0.4 is 0 Å². The van der Waals surface area contributed by atoms with Gasteiger partial charge in [0.2, 0.25) is 5.89 Å². The van der Waals surface area contributed by atoms with Gasteiger partial charge in [-0.2, -0.15) is 4.98 Å². The maximum Gasteiger partial charge on any atom is 0.240 e. The molecule has 16 heavy (non-hydrogen) atoms. The third-order valence-electron chi connectivity index (χ3n) is 2.46. The molecule has 1 aromatic rings. The Labute approximate surface area is 94.6 Å². The Morgan fingerprint density at radius 1 is 1.38 bits per heavy atom. The molecule has 6 nitrogen and oxygen atoms in total. The van der Waals surface area contributed by atoms with Crippen LogP contribution in [-0.2, 0) is 22.1 Å². The predicted octanol–water partition coefficient (Wildman–Crippen LogP) is 0.210. The minimum absolute atomic E-state index is 0.156. The average molecular weight is 245 g/mol. The van der Waals surface area contributed by atoms with Crippen LogP contribution in [0.25, 0.3) is 0 Å². The summed E-state index contributed by atoms with van der Waals surface area (Å²) in [4.78, 5) is 6.28. The van der Waals surface area contributed by atoms with Gasteiger partial charge < -0.3 is 4.52 Å². The van der Waals surface area contributed by atoms with E-state index >= 15 is 0 Å². The number of aromatic nitrogens is 2. The first-order chi connectivity index (χ1) is 7.53. The Morgan fingerprint density at radius 2 is 2.06 bits per heavy atom. The minimum atomic E-state index is -3.09. The van der Waals surface area contributed by atoms with Gasteiger partial charge in [0.15, 0.2) is 15.7 Å². The maximum atomic E-state index is 11.0. The number of sulfone groups is 1. The Kier molecular flexibility index (Phi) is 3.25. The lowest BCUT2D eigenvalue weighted by molar-refractivity contribution is 0.267. The zero-order valence-corrected chi connectivity index (χ0v) is 10.0. The van der Waals surface area contributed by atoms with Crippen molar-refractivity contribution >= 4 is 9.84 Å². The summed E-state index contributed by atoms with van der Waals surface area (Å²) in [5.41, 5.74) is 0. The van der Waals surface area contributed by atoms with Gasteiger partial charge in [0.05, 0.1) is 6.54 Å². The molecule has 2 heterocycles. The van der Waals surface area contributed by atoms with E-state index in [0.29, 0.717) is 12.4 Å². The zero-order valence-electron chi connectivity index (χ0n) is 9.22. The number of likely N-dealkylation sites (tertiary alicyclic amines) is 1. The molecule has 1 aromatic heterocycles. The second-order valence-corrected chi connectivity index (χ2v) is 6.30. The van der Waals surface area contributed by atoms with Gasteiger partial charge in [-0.3, -0.25) is 4.90 Å². The first kappa shape index (κ1) is 11.5. The van der Waals surface area contributed by atoms with Crippen LogP contribution in [-0.4, -0.2) is 42.8 Å². The van der Waals surface area contributed by atoms with Crippen molar-refractivity contribution in [2.24, 2.45) is 0 Å². The molecule has 0 spiro atoms. The van der Waals surface area contributed by atoms with Crippen LogP contribution in [0.4, 0.5) is 0 Å². The molecular formula is C9H15N3O3S. The Hall–Kier alpha value is -0.950. The first-order valence-electron chi connectivity index (χ1n) is 5.24. The molecule has 2 rings (SSSR count). The highest BCUT2D eigenvalue weighted by Gasteiger charge is 2.17. The Balaban J connectivity index is 1.96. The number of nitrogens with zero attached hydrogens (tertiary/aromatic N) is 3. The van der Waals surface area contributed by atoms with Crippen molar-refractivity contribution in [3.05, 3.63) is 11.7 Å². The molecule has 1 aliphatic heterocycles. The number of hydrogen-bond acceptors (Lipinski definition) is 6. The highest BCUT2D eigenvalue weighted by molar-refractivity contribution is 7.89. The van der Waals surface area contributed by atoms with Crippen LogP contribution in [0.2, 0.25) is 0 Å². The lowest BCUT2D eigenvalue weighted by atomic mass is 10.4. The molecule has 0 N–H and O–H groups in total. The molecule has 0 radical (unpaired) electrons. The molecule has 0 aromatic carbocycles. The second kappa shape index (κ2) is 4.50. The summed E-state index contributed by atoms with van der Waals surface area (Å²) in [6.45, 7) is 2.71. The summed E-state index contributed by atoms with van der Waals surface area (Å²) in [5.74, 6) is 0.591. The third-order valence-corrected chi connectivity index (χ3v) is 3.24. The zero-order chi connectivity index (χ0) is 11.6. The van der Waals surface area contributed by atoms with Crippen LogP contribution >= 0.6 is 0 Å². The quantitative estimate of drug-likeness (QED) is 0.754. The Bertz CT molecular complexity index is 448. The van der Waals surface area contributed by atoms with Crippen molar-refractivity contribution in [2.45, 2.75) is 25.1 Å². The van der Waals surface area contributed by atoms with Gasteiger partial charge in [0.25, 0.3) is 0 Å². The van der Waals surface area contributed by atoms with Crippen molar-refractivity contribution in [1.82, 2.24) is 15.0 Å². The molecule has 90 valence electrons. The fraction of sp³-hybridized carbons (Fsp3) is 0.778. The molecule has 0 aliphatic carbocycles. The highest BCUT2D eigenvalue weighted by Crippen LogP contribution is 2.11. The molecule has 0 bridgehead atoms. The lowest BCUT2D eigenvalue weighted by Gasteiger charge is -2.09. The molecule has 1 fully saturated rings. The van der Waals surface area contributed by atoms with E-state index in [1.54, 1.807) is 0 Å². The fourth-order valence-corrected chi connectivity index (χ4v) is 2.37. The molecule has 0 saturated carbocycles. The van der Waals surface area contributed by atoms with Gasteiger partial charge in [-0.15, -0.1) is 0 Å².